The maximum Gasteiger partial charge on any atom is 0.274 e. The summed E-state index contributed by atoms with van der Waals surface area (Å²) in [6.45, 7) is 6.53. The number of aromatic nitrogens is 3. The van der Waals surface area contributed by atoms with Crippen LogP contribution in [0.5, 0.6) is 5.75 Å². The molecule has 1 unspecified atom stereocenters. The van der Waals surface area contributed by atoms with Crippen molar-refractivity contribution in [2.45, 2.75) is 39.3 Å². The predicted octanol–water partition coefficient (Wildman–Crippen LogP) is 4.03. The van der Waals surface area contributed by atoms with Crippen LogP contribution in [0.4, 0.5) is 0 Å². The average molecular weight is 418 g/mol. The highest BCUT2D eigenvalue weighted by atomic mass is 16.5. The molecule has 4 rings (SSSR count). The summed E-state index contributed by atoms with van der Waals surface area (Å²) in [6, 6.07) is 21.0. The van der Waals surface area contributed by atoms with Gasteiger partial charge in [0.25, 0.3) is 5.56 Å². The molecule has 2 aromatic heterocycles. The van der Waals surface area contributed by atoms with Crippen LogP contribution in [0.15, 0.2) is 71.5 Å². The number of rotatable bonds is 7. The molecule has 1 atom stereocenters. The summed E-state index contributed by atoms with van der Waals surface area (Å²) in [7, 11) is 0. The van der Waals surface area contributed by atoms with Gasteiger partial charge >= 0.3 is 0 Å². The SMILES string of the molecule is Cc1cc(=O)n2nc(-c3ccccc3)cc2n1CC(O)COc1ccccc1C(C)C. The van der Waals surface area contributed by atoms with Gasteiger partial charge in [0.2, 0.25) is 0 Å². The van der Waals surface area contributed by atoms with Crippen molar-refractivity contribution in [3.05, 3.63) is 88.3 Å². The van der Waals surface area contributed by atoms with Gasteiger partial charge in [-0.15, -0.1) is 0 Å². The lowest BCUT2D eigenvalue weighted by Gasteiger charge is -2.19. The minimum Gasteiger partial charge on any atom is -0.491 e. The van der Waals surface area contributed by atoms with Crippen LogP contribution in [0, 0.1) is 6.92 Å². The van der Waals surface area contributed by atoms with Crippen LogP contribution in [0.25, 0.3) is 16.9 Å². The molecule has 0 spiro atoms. The Hall–Kier alpha value is -3.38. The van der Waals surface area contributed by atoms with Gasteiger partial charge in [0.15, 0.2) is 0 Å². The van der Waals surface area contributed by atoms with Crippen LogP contribution in [0.1, 0.15) is 31.0 Å². The van der Waals surface area contributed by atoms with E-state index >= 15 is 0 Å². The maximum atomic E-state index is 12.5. The second kappa shape index (κ2) is 8.78. The molecular formula is C25H27N3O3. The van der Waals surface area contributed by atoms with Gasteiger partial charge in [-0.3, -0.25) is 4.79 Å². The summed E-state index contributed by atoms with van der Waals surface area (Å²) in [4.78, 5) is 12.5. The molecule has 2 aromatic carbocycles. The monoisotopic (exact) mass is 417 g/mol. The van der Waals surface area contributed by atoms with Gasteiger partial charge in [0.1, 0.15) is 24.1 Å². The third kappa shape index (κ3) is 4.39. The van der Waals surface area contributed by atoms with Gasteiger partial charge in [-0.1, -0.05) is 62.4 Å². The molecule has 4 aromatic rings. The third-order valence-corrected chi connectivity index (χ3v) is 5.37. The van der Waals surface area contributed by atoms with E-state index in [0.29, 0.717) is 23.8 Å². The molecule has 0 fully saturated rings. The fourth-order valence-corrected chi connectivity index (χ4v) is 3.75. The average Bonchev–Trinajstić information content (AvgIpc) is 3.22. The minimum atomic E-state index is -0.750. The Morgan fingerprint density at radius 2 is 1.74 bits per heavy atom. The Kier molecular flexibility index (Phi) is 5.91. The fourth-order valence-electron chi connectivity index (χ4n) is 3.75. The summed E-state index contributed by atoms with van der Waals surface area (Å²) in [5.41, 5.74) is 3.98. The Balaban J connectivity index is 1.59. The Morgan fingerprint density at radius 1 is 1.03 bits per heavy atom. The Morgan fingerprint density at radius 3 is 2.48 bits per heavy atom. The highest BCUT2D eigenvalue weighted by Crippen LogP contribution is 2.26. The first-order chi connectivity index (χ1) is 14.9. The number of aryl methyl sites for hydroxylation is 1. The van der Waals surface area contributed by atoms with E-state index in [4.69, 9.17) is 4.74 Å². The van der Waals surface area contributed by atoms with Crippen LogP contribution in [-0.2, 0) is 6.54 Å². The highest BCUT2D eigenvalue weighted by Gasteiger charge is 2.16. The molecule has 31 heavy (non-hydrogen) atoms. The van der Waals surface area contributed by atoms with E-state index in [9.17, 15) is 9.90 Å². The number of aliphatic hydroxyl groups is 1. The van der Waals surface area contributed by atoms with E-state index in [0.717, 1.165) is 22.6 Å². The number of nitrogens with zero attached hydrogens (tertiary/aromatic N) is 3. The van der Waals surface area contributed by atoms with Crippen LogP contribution >= 0.6 is 0 Å². The molecule has 0 amide bonds. The van der Waals surface area contributed by atoms with E-state index in [-0.39, 0.29) is 12.2 Å². The molecule has 0 bridgehead atoms. The molecule has 0 radical (unpaired) electrons. The van der Waals surface area contributed by atoms with Crippen molar-refractivity contribution in [3.63, 3.8) is 0 Å². The van der Waals surface area contributed by atoms with Gasteiger partial charge in [0.05, 0.1) is 12.2 Å². The third-order valence-electron chi connectivity index (χ3n) is 5.37. The molecule has 2 heterocycles. The zero-order chi connectivity index (χ0) is 22.0. The number of ether oxygens (including phenoxy) is 1. The first kappa shape index (κ1) is 20.9. The van der Waals surface area contributed by atoms with E-state index < -0.39 is 6.10 Å². The number of fused-ring (bicyclic) bond motifs is 1. The van der Waals surface area contributed by atoms with Crippen molar-refractivity contribution in [1.82, 2.24) is 14.2 Å². The van der Waals surface area contributed by atoms with Crippen molar-refractivity contribution in [2.24, 2.45) is 0 Å². The van der Waals surface area contributed by atoms with Gasteiger partial charge in [-0.25, -0.2) is 0 Å². The minimum absolute atomic E-state index is 0.154. The van der Waals surface area contributed by atoms with E-state index in [2.05, 4.69) is 18.9 Å². The van der Waals surface area contributed by atoms with E-state index in [1.165, 1.54) is 10.6 Å². The number of para-hydroxylation sites is 1. The second-order valence-electron chi connectivity index (χ2n) is 8.06. The van der Waals surface area contributed by atoms with Gasteiger partial charge in [0, 0.05) is 23.4 Å². The first-order valence-corrected chi connectivity index (χ1v) is 10.5. The van der Waals surface area contributed by atoms with E-state index in [1.807, 2.05) is 72.2 Å². The summed E-state index contributed by atoms with van der Waals surface area (Å²) >= 11 is 0. The predicted molar refractivity (Wildman–Crippen MR) is 122 cm³/mol. The van der Waals surface area contributed by atoms with Crippen molar-refractivity contribution in [3.8, 4) is 17.0 Å². The fraction of sp³-hybridized carbons (Fsp3) is 0.280. The number of hydrogen-bond acceptors (Lipinski definition) is 4. The topological polar surface area (TPSA) is 68.8 Å². The van der Waals surface area contributed by atoms with Crippen LogP contribution < -0.4 is 10.3 Å². The second-order valence-corrected chi connectivity index (χ2v) is 8.06. The smallest absolute Gasteiger partial charge is 0.274 e. The summed E-state index contributed by atoms with van der Waals surface area (Å²) in [5.74, 6) is 1.12. The van der Waals surface area contributed by atoms with Crippen molar-refractivity contribution in [2.75, 3.05) is 6.61 Å². The molecule has 0 aliphatic carbocycles. The molecular weight excluding hydrogens is 390 g/mol. The van der Waals surface area contributed by atoms with Crippen LogP contribution in [-0.4, -0.2) is 32.0 Å². The van der Waals surface area contributed by atoms with Crippen molar-refractivity contribution in [1.29, 1.82) is 0 Å². The van der Waals surface area contributed by atoms with Gasteiger partial charge < -0.3 is 14.4 Å². The highest BCUT2D eigenvalue weighted by molar-refractivity contribution is 5.64. The zero-order valence-corrected chi connectivity index (χ0v) is 18.0. The summed E-state index contributed by atoms with van der Waals surface area (Å²) in [5, 5.41) is 15.2. The molecule has 160 valence electrons. The lowest BCUT2D eigenvalue weighted by Crippen LogP contribution is -2.28. The molecule has 6 nitrogen and oxygen atoms in total. The number of aliphatic hydroxyl groups excluding tert-OH is 1. The Labute approximate surface area is 181 Å². The molecule has 6 heteroatoms. The van der Waals surface area contributed by atoms with E-state index in [1.54, 1.807) is 0 Å². The molecule has 0 saturated carbocycles. The summed E-state index contributed by atoms with van der Waals surface area (Å²) < 4.78 is 9.23. The van der Waals surface area contributed by atoms with Gasteiger partial charge in [-0.05, 0) is 24.5 Å². The lowest BCUT2D eigenvalue weighted by atomic mass is 10.0. The largest absolute Gasteiger partial charge is 0.491 e. The lowest BCUT2D eigenvalue weighted by molar-refractivity contribution is 0.0920. The summed E-state index contributed by atoms with van der Waals surface area (Å²) in [6.07, 6.45) is -0.750. The normalized spacial score (nSPS) is 12.4. The van der Waals surface area contributed by atoms with Gasteiger partial charge in [-0.2, -0.15) is 9.61 Å². The van der Waals surface area contributed by atoms with Crippen molar-refractivity contribution >= 4 is 5.65 Å². The molecule has 0 aliphatic heterocycles. The molecule has 0 saturated heterocycles. The molecule has 1 N–H and O–H groups in total. The maximum absolute atomic E-state index is 12.5. The molecule has 0 aliphatic rings. The van der Waals surface area contributed by atoms with Crippen molar-refractivity contribution < 1.29 is 9.84 Å². The first-order valence-electron chi connectivity index (χ1n) is 10.5. The standard InChI is InChI=1S/C25H27N3O3/c1-17(2)21-11-7-8-12-23(21)31-16-20(29)15-27-18(3)13-25(30)28-24(27)14-22(26-28)19-9-5-4-6-10-19/h4-14,17,20,29H,15-16H2,1-3H3. The van der Waals surface area contributed by atoms with Crippen LogP contribution in [0.3, 0.4) is 0 Å². The number of benzene rings is 2. The quantitative estimate of drug-likeness (QED) is 0.493. The van der Waals surface area contributed by atoms with Crippen LogP contribution in [0.2, 0.25) is 0 Å². The number of hydrogen-bond donors (Lipinski definition) is 1. The Bertz CT molecular complexity index is 1240. The zero-order valence-electron chi connectivity index (χ0n) is 18.0.